The molecule has 0 aromatic heterocycles. The van der Waals surface area contributed by atoms with Crippen LogP contribution in [0.15, 0.2) is 54.6 Å². The Bertz CT molecular complexity index is 752. The molecule has 1 heterocycles. The molecule has 0 aliphatic carbocycles. The van der Waals surface area contributed by atoms with Gasteiger partial charge in [0.1, 0.15) is 0 Å². The molecule has 4 nitrogen and oxygen atoms in total. The smallest absolute Gasteiger partial charge is 0.183 e. The predicted octanol–water partition coefficient (Wildman–Crippen LogP) is 4.10. The van der Waals surface area contributed by atoms with Gasteiger partial charge in [-0.05, 0) is 56.5 Å². The summed E-state index contributed by atoms with van der Waals surface area (Å²) in [6, 6.07) is 18.6. The highest BCUT2D eigenvalue weighted by Gasteiger charge is 2.37. The average Bonchev–Trinajstić information content (AvgIpc) is 2.74. The van der Waals surface area contributed by atoms with Crippen molar-refractivity contribution in [2.45, 2.75) is 45.2 Å². The molecule has 150 valence electrons. The third kappa shape index (κ3) is 4.81. The Kier molecular flexibility index (Phi) is 6.87. The fraction of sp³-hybridized carbons (Fsp3) is 0.458. The van der Waals surface area contributed by atoms with Gasteiger partial charge in [-0.15, -0.1) is 0 Å². The van der Waals surface area contributed by atoms with E-state index in [0.29, 0.717) is 6.42 Å². The van der Waals surface area contributed by atoms with Gasteiger partial charge in [-0.1, -0.05) is 37.3 Å². The topological polar surface area (TPSA) is 41.6 Å². The third-order valence-corrected chi connectivity index (χ3v) is 5.46. The van der Waals surface area contributed by atoms with Gasteiger partial charge in [0.25, 0.3) is 0 Å². The highest BCUT2D eigenvalue weighted by atomic mass is 16.5. The van der Waals surface area contributed by atoms with Gasteiger partial charge in [-0.25, -0.2) is 0 Å². The van der Waals surface area contributed by atoms with Crippen molar-refractivity contribution in [3.8, 4) is 0 Å². The molecule has 1 N–H and O–H groups in total. The molecule has 0 saturated carbocycles. The summed E-state index contributed by atoms with van der Waals surface area (Å²) in [7, 11) is 0. The lowest BCUT2D eigenvalue weighted by Gasteiger charge is -2.35. The zero-order valence-electron chi connectivity index (χ0n) is 17.3. The largest absolute Gasteiger partial charge is 0.378 e. The maximum absolute atomic E-state index is 13.6. The molecule has 1 fully saturated rings. The van der Waals surface area contributed by atoms with Gasteiger partial charge < -0.3 is 15.0 Å². The van der Waals surface area contributed by atoms with Gasteiger partial charge in [0.05, 0.1) is 18.8 Å². The molecule has 28 heavy (non-hydrogen) atoms. The summed E-state index contributed by atoms with van der Waals surface area (Å²) in [5.41, 5.74) is 2.50. The van der Waals surface area contributed by atoms with E-state index in [2.05, 4.69) is 55.3 Å². The second-order valence-corrected chi connectivity index (χ2v) is 7.87. The van der Waals surface area contributed by atoms with Crippen molar-refractivity contribution < 1.29 is 9.53 Å². The van der Waals surface area contributed by atoms with Crippen LogP contribution in [-0.4, -0.2) is 43.7 Å². The molecule has 1 saturated heterocycles. The van der Waals surface area contributed by atoms with Crippen LogP contribution in [0.25, 0.3) is 0 Å². The van der Waals surface area contributed by atoms with Crippen molar-refractivity contribution in [3.05, 3.63) is 65.7 Å². The first kappa shape index (κ1) is 20.6. The summed E-state index contributed by atoms with van der Waals surface area (Å²) in [6.45, 7) is 9.61. The fourth-order valence-corrected chi connectivity index (χ4v) is 4.00. The molecule has 1 aliphatic rings. The van der Waals surface area contributed by atoms with Crippen LogP contribution in [-0.2, 0) is 11.2 Å². The Hall–Kier alpha value is -2.17. The monoisotopic (exact) mass is 380 g/mol. The van der Waals surface area contributed by atoms with Crippen molar-refractivity contribution in [2.75, 3.05) is 31.2 Å². The van der Waals surface area contributed by atoms with Crippen LogP contribution in [0, 0.1) is 0 Å². The lowest BCUT2D eigenvalue weighted by molar-refractivity contribution is 0.0830. The van der Waals surface area contributed by atoms with E-state index in [1.807, 2.05) is 30.3 Å². The summed E-state index contributed by atoms with van der Waals surface area (Å²) in [5, 5.41) is 3.59. The number of Topliss-reactive ketones (excluding diaryl/α,β-unsaturated/α-hetero) is 1. The van der Waals surface area contributed by atoms with Crippen molar-refractivity contribution in [3.63, 3.8) is 0 Å². The summed E-state index contributed by atoms with van der Waals surface area (Å²) < 4.78 is 5.43. The molecule has 2 aromatic rings. The Morgan fingerprint density at radius 2 is 1.71 bits per heavy atom. The Morgan fingerprint density at radius 1 is 1.07 bits per heavy atom. The molecule has 0 radical (unpaired) electrons. The van der Waals surface area contributed by atoms with E-state index in [1.54, 1.807) is 0 Å². The maximum atomic E-state index is 13.6. The Morgan fingerprint density at radius 3 is 2.29 bits per heavy atom. The number of anilines is 1. The van der Waals surface area contributed by atoms with Crippen molar-refractivity contribution >= 4 is 11.5 Å². The van der Waals surface area contributed by atoms with Crippen LogP contribution in [0.4, 0.5) is 5.69 Å². The summed E-state index contributed by atoms with van der Waals surface area (Å²) in [4.78, 5) is 15.9. The predicted molar refractivity (Wildman–Crippen MR) is 115 cm³/mol. The zero-order valence-corrected chi connectivity index (χ0v) is 17.3. The second kappa shape index (κ2) is 9.35. The van der Waals surface area contributed by atoms with E-state index in [-0.39, 0.29) is 11.8 Å². The van der Waals surface area contributed by atoms with Crippen LogP contribution in [0.1, 0.15) is 43.1 Å². The Balaban J connectivity index is 1.85. The number of benzene rings is 2. The molecule has 1 atom stereocenters. The third-order valence-electron chi connectivity index (χ3n) is 5.46. The normalized spacial score (nSPS) is 16.8. The maximum Gasteiger partial charge on any atom is 0.183 e. The molecular weight excluding hydrogens is 348 g/mol. The van der Waals surface area contributed by atoms with Gasteiger partial charge in [0, 0.05) is 30.4 Å². The molecule has 0 bridgehead atoms. The van der Waals surface area contributed by atoms with Crippen LogP contribution < -0.4 is 10.2 Å². The SMILES string of the molecule is CCC(Cc1ccccc1)(NC(C)C)C(=O)c1ccc(N2CCOCC2)cc1. The minimum atomic E-state index is -0.601. The van der Waals surface area contributed by atoms with Gasteiger partial charge >= 0.3 is 0 Å². The quantitative estimate of drug-likeness (QED) is 0.700. The van der Waals surface area contributed by atoms with Crippen LogP contribution >= 0.6 is 0 Å². The minimum absolute atomic E-state index is 0.168. The number of morpholine rings is 1. The summed E-state index contributed by atoms with van der Waals surface area (Å²) >= 11 is 0. The van der Waals surface area contributed by atoms with Crippen molar-refractivity contribution in [2.24, 2.45) is 0 Å². The van der Waals surface area contributed by atoms with Gasteiger partial charge in [0.2, 0.25) is 0 Å². The van der Waals surface area contributed by atoms with Gasteiger partial charge in [-0.3, -0.25) is 4.79 Å². The molecule has 1 unspecified atom stereocenters. The molecule has 0 spiro atoms. The van der Waals surface area contributed by atoms with Crippen molar-refractivity contribution in [1.82, 2.24) is 5.32 Å². The number of carbonyl (C=O) groups excluding carboxylic acids is 1. The minimum Gasteiger partial charge on any atom is -0.378 e. The second-order valence-electron chi connectivity index (χ2n) is 7.87. The number of nitrogens with one attached hydrogen (secondary N) is 1. The molecule has 1 aliphatic heterocycles. The standard InChI is InChI=1S/C24H32N2O2/c1-4-24(25-19(2)3,18-20-8-6-5-7-9-20)23(27)21-10-12-22(13-11-21)26-14-16-28-17-15-26/h5-13,19,25H,4,14-18H2,1-3H3. The number of carbonyl (C=O) groups is 1. The molecular formula is C24H32N2O2. The highest BCUT2D eigenvalue weighted by Crippen LogP contribution is 2.26. The first-order valence-corrected chi connectivity index (χ1v) is 10.3. The number of hydrogen-bond acceptors (Lipinski definition) is 4. The van der Waals surface area contributed by atoms with Crippen LogP contribution in [0.3, 0.4) is 0 Å². The summed E-state index contributed by atoms with van der Waals surface area (Å²) in [6.07, 6.45) is 1.43. The van der Waals surface area contributed by atoms with E-state index in [4.69, 9.17) is 4.74 Å². The molecule has 4 heteroatoms. The number of hydrogen-bond donors (Lipinski definition) is 1. The number of ketones is 1. The van der Waals surface area contributed by atoms with E-state index < -0.39 is 5.54 Å². The van der Waals surface area contributed by atoms with Crippen LogP contribution in [0.5, 0.6) is 0 Å². The van der Waals surface area contributed by atoms with Gasteiger partial charge in [0.15, 0.2) is 5.78 Å². The van der Waals surface area contributed by atoms with E-state index in [0.717, 1.165) is 44.0 Å². The first-order valence-electron chi connectivity index (χ1n) is 10.3. The first-order chi connectivity index (χ1) is 13.5. The van der Waals surface area contributed by atoms with Gasteiger partial charge in [-0.2, -0.15) is 0 Å². The Labute approximate surface area is 168 Å². The highest BCUT2D eigenvalue weighted by molar-refractivity contribution is 6.03. The van der Waals surface area contributed by atoms with E-state index in [1.165, 1.54) is 5.56 Å². The van der Waals surface area contributed by atoms with Crippen molar-refractivity contribution in [1.29, 1.82) is 0 Å². The number of ether oxygens (including phenoxy) is 1. The van der Waals surface area contributed by atoms with E-state index >= 15 is 0 Å². The molecule has 3 rings (SSSR count). The zero-order chi connectivity index (χ0) is 20.0. The number of rotatable bonds is 8. The lowest BCUT2D eigenvalue weighted by atomic mass is 9.80. The fourth-order valence-electron chi connectivity index (χ4n) is 4.00. The van der Waals surface area contributed by atoms with E-state index in [9.17, 15) is 4.79 Å². The average molecular weight is 381 g/mol. The molecule has 2 aromatic carbocycles. The summed E-state index contributed by atoms with van der Waals surface area (Å²) in [5.74, 6) is 0.168. The number of nitrogens with zero attached hydrogens (tertiary/aromatic N) is 1. The van der Waals surface area contributed by atoms with Crippen LogP contribution in [0.2, 0.25) is 0 Å². The lowest BCUT2D eigenvalue weighted by Crippen LogP contribution is -2.56. The molecule has 0 amide bonds.